The van der Waals surface area contributed by atoms with Crippen LogP contribution in [0.15, 0.2) is 24.3 Å². The average Bonchev–Trinajstić information content (AvgIpc) is 2.28. The van der Waals surface area contributed by atoms with Crippen molar-refractivity contribution >= 4 is 17.7 Å². The first-order valence-electron chi connectivity index (χ1n) is 5.50. The highest BCUT2D eigenvalue weighted by molar-refractivity contribution is 6.30. The lowest BCUT2D eigenvalue weighted by Gasteiger charge is -2.07. The summed E-state index contributed by atoms with van der Waals surface area (Å²) in [5, 5.41) is 3.46. The van der Waals surface area contributed by atoms with E-state index in [1.54, 1.807) is 24.3 Å². The van der Waals surface area contributed by atoms with Crippen molar-refractivity contribution in [2.45, 2.75) is 26.3 Å². The van der Waals surface area contributed by atoms with Gasteiger partial charge in [-0.3, -0.25) is 0 Å². The third kappa shape index (κ3) is 3.95. The van der Waals surface area contributed by atoms with E-state index in [0.29, 0.717) is 5.56 Å². The maximum absolute atomic E-state index is 13.5. The Morgan fingerprint density at radius 2 is 2.25 bits per heavy atom. The van der Waals surface area contributed by atoms with Crippen LogP contribution in [0.5, 0.6) is 0 Å². The van der Waals surface area contributed by atoms with Crippen molar-refractivity contribution < 1.29 is 4.39 Å². The molecule has 0 heterocycles. The Morgan fingerprint density at radius 1 is 1.50 bits per heavy atom. The molecule has 0 spiro atoms. The number of rotatable bonds is 5. The largest absolute Gasteiger partial charge is 0.311 e. The molecule has 3 heteroatoms. The first-order chi connectivity index (χ1) is 7.65. The first kappa shape index (κ1) is 13.2. The molecule has 0 amide bonds. The second-order valence-corrected chi connectivity index (χ2v) is 4.15. The van der Waals surface area contributed by atoms with Crippen molar-refractivity contribution in [3.63, 3.8) is 0 Å². The van der Waals surface area contributed by atoms with E-state index in [9.17, 15) is 4.39 Å². The topological polar surface area (TPSA) is 12.0 Å². The first-order valence-corrected chi connectivity index (χ1v) is 5.88. The Morgan fingerprint density at radius 3 is 2.94 bits per heavy atom. The molecular formula is C13H17ClFN. The Hall–Kier alpha value is -0.860. The summed E-state index contributed by atoms with van der Waals surface area (Å²) in [6.45, 7) is 5.11. The fourth-order valence-electron chi connectivity index (χ4n) is 1.34. The fraction of sp³-hybridized carbons (Fsp3) is 0.385. The molecule has 88 valence electrons. The monoisotopic (exact) mass is 241 g/mol. The Balaban J connectivity index is 2.65. The third-order valence-corrected chi connectivity index (χ3v) is 2.55. The van der Waals surface area contributed by atoms with Crippen LogP contribution in [0.2, 0.25) is 5.02 Å². The molecule has 0 aliphatic carbocycles. The predicted molar refractivity (Wildman–Crippen MR) is 68.2 cm³/mol. The summed E-state index contributed by atoms with van der Waals surface area (Å²) in [5.41, 5.74) is 0.526. The van der Waals surface area contributed by atoms with Gasteiger partial charge in [0.15, 0.2) is 0 Å². The van der Waals surface area contributed by atoms with Gasteiger partial charge in [-0.1, -0.05) is 42.8 Å². The zero-order valence-corrected chi connectivity index (χ0v) is 10.4. The summed E-state index contributed by atoms with van der Waals surface area (Å²) in [6, 6.07) is 5.24. The minimum Gasteiger partial charge on any atom is -0.311 e. The summed E-state index contributed by atoms with van der Waals surface area (Å²) in [6.07, 6.45) is 4.78. The Kier molecular flexibility index (Phi) is 5.50. The Bertz CT molecular complexity index is 363. The normalized spacial score (nSPS) is 13.2. The number of nitrogens with one attached hydrogen (secondary N) is 1. The molecule has 1 aromatic rings. The van der Waals surface area contributed by atoms with Crippen molar-refractivity contribution in [2.24, 2.45) is 0 Å². The third-order valence-electron chi connectivity index (χ3n) is 2.26. The van der Waals surface area contributed by atoms with Crippen LogP contribution in [0.4, 0.5) is 4.39 Å². The molecule has 1 atom stereocenters. The predicted octanol–water partition coefficient (Wildman–Crippen LogP) is 3.88. The lowest BCUT2D eigenvalue weighted by Crippen LogP contribution is -2.24. The summed E-state index contributed by atoms with van der Waals surface area (Å²) < 4.78 is 13.5. The lowest BCUT2D eigenvalue weighted by atomic mass is 10.1. The highest BCUT2D eigenvalue weighted by atomic mass is 35.5. The van der Waals surface area contributed by atoms with E-state index >= 15 is 0 Å². The van der Waals surface area contributed by atoms with E-state index in [1.807, 2.05) is 13.0 Å². The molecular weight excluding hydrogens is 225 g/mol. The van der Waals surface area contributed by atoms with Gasteiger partial charge in [0, 0.05) is 11.6 Å². The minimum atomic E-state index is -0.358. The second-order valence-electron chi connectivity index (χ2n) is 3.74. The van der Waals surface area contributed by atoms with Gasteiger partial charge < -0.3 is 5.32 Å². The molecule has 0 radical (unpaired) electrons. The molecule has 1 aromatic carbocycles. The van der Waals surface area contributed by atoms with E-state index in [4.69, 9.17) is 11.6 Å². The van der Waals surface area contributed by atoms with Crippen molar-refractivity contribution in [2.75, 3.05) is 6.54 Å². The van der Waals surface area contributed by atoms with Crippen LogP contribution in [-0.4, -0.2) is 12.6 Å². The lowest BCUT2D eigenvalue weighted by molar-refractivity contribution is 0.620. The number of hydrogen-bond donors (Lipinski definition) is 1. The van der Waals surface area contributed by atoms with Crippen molar-refractivity contribution in [1.82, 2.24) is 5.32 Å². The molecule has 0 aliphatic rings. The van der Waals surface area contributed by atoms with Crippen LogP contribution in [0.3, 0.4) is 0 Å². The fourth-order valence-corrected chi connectivity index (χ4v) is 1.52. The molecule has 0 saturated carbocycles. The van der Waals surface area contributed by atoms with Crippen molar-refractivity contribution in [1.29, 1.82) is 0 Å². The highest BCUT2D eigenvalue weighted by Crippen LogP contribution is 2.18. The van der Waals surface area contributed by atoms with Crippen LogP contribution >= 0.6 is 11.6 Å². The highest BCUT2D eigenvalue weighted by Gasteiger charge is 2.03. The zero-order chi connectivity index (χ0) is 12.0. The number of hydrogen-bond acceptors (Lipinski definition) is 1. The minimum absolute atomic E-state index is 0.163. The van der Waals surface area contributed by atoms with Gasteiger partial charge >= 0.3 is 0 Å². The average molecular weight is 242 g/mol. The second kappa shape index (κ2) is 6.66. The standard InChI is InChI=1S/C13H17ClFN/c1-3-9-16-10(2)7-8-11-5-4-6-12(14)13(11)15/h4-8,10,16H,3,9H2,1-2H3/b8-7+. The van der Waals surface area contributed by atoms with Crippen molar-refractivity contribution in [3.05, 3.63) is 40.7 Å². The van der Waals surface area contributed by atoms with Gasteiger partial charge in [-0.05, 0) is 26.0 Å². The smallest absolute Gasteiger partial charge is 0.148 e. The summed E-state index contributed by atoms with van der Waals surface area (Å²) in [5.74, 6) is -0.358. The molecule has 1 rings (SSSR count). The summed E-state index contributed by atoms with van der Waals surface area (Å²) in [7, 11) is 0. The van der Waals surface area contributed by atoms with Crippen LogP contribution in [0.25, 0.3) is 6.08 Å². The van der Waals surface area contributed by atoms with Crippen molar-refractivity contribution in [3.8, 4) is 0 Å². The number of benzene rings is 1. The van der Waals surface area contributed by atoms with Gasteiger partial charge in [-0.15, -0.1) is 0 Å². The van der Waals surface area contributed by atoms with Gasteiger partial charge in [0.05, 0.1) is 5.02 Å². The molecule has 0 aliphatic heterocycles. The molecule has 0 fully saturated rings. The van der Waals surface area contributed by atoms with Gasteiger partial charge in [0.2, 0.25) is 0 Å². The molecule has 1 nitrogen and oxygen atoms in total. The molecule has 0 saturated heterocycles. The quantitative estimate of drug-likeness (QED) is 0.825. The molecule has 0 aromatic heterocycles. The molecule has 16 heavy (non-hydrogen) atoms. The number of halogens is 2. The van der Waals surface area contributed by atoms with Gasteiger partial charge in [-0.25, -0.2) is 4.39 Å². The van der Waals surface area contributed by atoms with Gasteiger partial charge in [0.1, 0.15) is 5.82 Å². The zero-order valence-electron chi connectivity index (χ0n) is 9.63. The molecule has 1 unspecified atom stereocenters. The van der Waals surface area contributed by atoms with E-state index in [0.717, 1.165) is 13.0 Å². The van der Waals surface area contributed by atoms with E-state index in [1.165, 1.54) is 0 Å². The maximum Gasteiger partial charge on any atom is 0.148 e. The molecule has 0 bridgehead atoms. The SMILES string of the molecule is CCCNC(C)/C=C/c1cccc(Cl)c1F. The Labute approximate surface area is 101 Å². The van der Waals surface area contributed by atoms with E-state index < -0.39 is 0 Å². The summed E-state index contributed by atoms with van der Waals surface area (Å²) in [4.78, 5) is 0. The summed E-state index contributed by atoms with van der Waals surface area (Å²) >= 11 is 5.69. The van der Waals surface area contributed by atoms with Gasteiger partial charge in [-0.2, -0.15) is 0 Å². The van der Waals surface area contributed by atoms with E-state index in [2.05, 4.69) is 12.2 Å². The maximum atomic E-state index is 13.5. The van der Waals surface area contributed by atoms with Crippen LogP contribution in [0, 0.1) is 5.82 Å². The van der Waals surface area contributed by atoms with Crippen LogP contribution in [-0.2, 0) is 0 Å². The molecule has 1 N–H and O–H groups in total. The van der Waals surface area contributed by atoms with Gasteiger partial charge in [0.25, 0.3) is 0 Å². The van der Waals surface area contributed by atoms with Crippen LogP contribution in [0.1, 0.15) is 25.8 Å². The van der Waals surface area contributed by atoms with Crippen LogP contribution < -0.4 is 5.32 Å². The van der Waals surface area contributed by atoms with E-state index in [-0.39, 0.29) is 16.9 Å².